The molecule has 0 saturated carbocycles. The molecule has 1 fully saturated rings. The van der Waals surface area contributed by atoms with Crippen molar-refractivity contribution in [3.63, 3.8) is 0 Å². The zero-order valence-electron chi connectivity index (χ0n) is 11.2. The van der Waals surface area contributed by atoms with Gasteiger partial charge in [0.05, 0.1) is 5.25 Å². The van der Waals surface area contributed by atoms with Gasteiger partial charge in [-0.05, 0) is 36.9 Å². The van der Waals surface area contributed by atoms with Crippen LogP contribution >= 0.6 is 11.8 Å². The summed E-state index contributed by atoms with van der Waals surface area (Å²) in [5.41, 5.74) is -0.0332. The molecule has 104 valence electrons. The van der Waals surface area contributed by atoms with E-state index in [0.717, 1.165) is 25.0 Å². The lowest BCUT2D eigenvalue weighted by Crippen LogP contribution is -2.34. The number of aliphatic carboxylic acids is 1. The summed E-state index contributed by atoms with van der Waals surface area (Å²) < 4.78 is 0. The molecule has 1 aliphatic heterocycles. The third-order valence-corrected chi connectivity index (χ3v) is 4.72. The van der Waals surface area contributed by atoms with Crippen molar-refractivity contribution in [2.45, 2.75) is 51.2 Å². The van der Waals surface area contributed by atoms with Crippen LogP contribution < -0.4 is 5.32 Å². The van der Waals surface area contributed by atoms with Gasteiger partial charge in [-0.15, -0.1) is 11.8 Å². The van der Waals surface area contributed by atoms with Crippen LogP contribution in [0.1, 0.15) is 46.0 Å². The predicted molar refractivity (Wildman–Crippen MR) is 73.8 cm³/mol. The molecule has 1 aliphatic rings. The van der Waals surface area contributed by atoms with Crippen LogP contribution in [0.5, 0.6) is 0 Å². The average molecular weight is 273 g/mol. The molecule has 5 heteroatoms. The number of carbonyl (C=O) groups is 2. The van der Waals surface area contributed by atoms with E-state index in [0.29, 0.717) is 13.0 Å². The molecule has 18 heavy (non-hydrogen) atoms. The van der Waals surface area contributed by atoms with Crippen LogP contribution in [0.3, 0.4) is 0 Å². The molecule has 0 aromatic carbocycles. The van der Waals surface area contributed by atoms with Crippen LogP contribution in [-0.2, 0) is 9.59 Å². The Morgan fingerprint density at radius 3 is 2.67 bits per heavy atom. The van der Waals surface area contributed by atoms with E-state index in [9.17, 15) is 9.59 Å². The summed E-state index contributed by atoms with van der Waals surface area (Å²) in [4.78, 5) is 22.3. The van der Waals surface area contributed by atoms with Crippen LogP contribution in [0.15, 0.2) is 0 Å². The number of nitrogens with one attached hydrogen (secondary N) is 1. The molecule has 1 unspecified atom stereocenters. The van der Waals surface area contributed by atoms with Gasteiger partial charge in [0.1, 0.15) is 0 Å². The van der Waals surface area contributed by atoms with E-state index in [-0.39, 0.29) is 23.0 Å². The van der Waals surface area contributed by atoms with E-state index in [2.05, 4.69) is 5.32 Å². The highest BCUT2D eigenvalue weighted by Gasteiger charge is 2.24. The lowest BCUT2D eigenvalue weighted by molar-refractivity contribution is -0.137. The van der Waals surface area contributed by atoms with E-state index >= 15 is 0 Å². The molecule has 4 nitrogen and oxygen atoms in total. The van der Waals surface area contributed by atoms with Crippen LogP contribution in [-0.4, -0.2) is 34.5 Å². The van der Waals surface area contributed by atoms with Gasteiger partial charge in [0.2, 0.25) is 5.91 Å². The second kappa shape index (κ2) is 7.02. The molecular weight excluding hydrogens is 250 g/mol. The number of hydrogen-bond donors (Lipinski definition) is 2. The molecule has 0 radical (unpaired) electrons. The zero-order valence-corrected chi connectivity index (χ0v) is 12.0. The molecule has 1 rings (SSSR count). The van der Waals surface area contributed by atoms with E-state index in [1.165, 1.54) is 0 Å². The Balaban J connectivity index is 2.19. The first kappa shape index (κ1) is 15.3. The predicted octanol–water partition coefficient (Wildman–Crippen LogP) is 2.28. The van der Waals surface area contributed by atoms with Crippen molar-refractivity contribution in [1.82, 2.24) is 5.32 Å². The maximum atomic E-state index is 11.8. The Hall–Kier alpha value is -0.710. The van der Waals surface area contributed by atoms with E-state index in [1.807, 2.05) is 13.8 Å². The SMILES string of the molecule is CC(C)(CCNC(=O)C1CCCS1)CCC(=O)O. The van der Waals surface area contributed by atoms with Gasteiger partial charge in [0, 0.05) is 13.0 Å². The van der Waals surface area contributed by atoms with Crippen molar-refractivity contribution < 1.29 is 14.7 Å². The zero-order chi connectivity index (χ0) is 13.6. The molecule has 2 N–H and O–H groups in total. The minimum atomic E-state index is -0.755. The van der Waals surface area contributed by atoms with Gasteiger partial charge in [-0.3, -0.25) is 9.59 Å². The lowest BCUT2D eigenvalue weighted by atomic mass is 9.84. The number of carboxylic acids is 1. The van der Waals surface area contributed by atoms with Crippen molar-refractivity contribution in [2.75, 3.05) is 12.3 Å². The summed E-state index contributed by atoms with van der Waals surface area (Å²) >= 11 is 1.73. The Labute approximate surface area is 113 Å². The van der Waals surface area contributed by atoms with Crippen molar-refractivity contribution in [1.29, 1.82) is 0 Å². The molecular formula is C13H23NO3S. The third-order valence-electron chi connectivity index (χ3n) is 3.34. The summed E-state index contributed by atoms with van der Waals surface area (Å²) in [7, 11) is 0. The van der Waals surface area contributed by atoms with Gasteiger partial charge < -0.3 is 10.4 Å². The first-order chi connectivity index (χ1) is 8.41. The second-order valence-corrected chi connectivity index (χ2v) is 6.91. The number of carboxylic acid groups (broad SMARTS) is 1. The molecule has 0 bridgehead atoms. The van der Waals surface area contributed by atoms with Gasteiger partial charge in [-0.25, -0.2) is 0 Å². The number of carbonyl (C=O) groups excluding carboxylic acids is 1. The number of rotatable bonds is 7. The normalized spacial score (nSPS) is 19.8. The van der Waals surface area contributed by atoms with Gasteiger partial charge in [-0.2, -0.15) is 0 Å². The smallest absolute Gasteiger partial charge is 0.303 e. The Morgan fingerprint density at radius 2 is 2.11 bits per heavy atom. The standard InChI is InChI=1S/C13H23NO3S/c1-13(2,6-5-11(15)16)7-8-14-12(17)10-4-3-9-18-10/h10H,3-9H2,1-2H3,(H,14,17)(H,15,16). The first-order valence-corrected chi connectivity index (χ1v) is 7.57. The fraction of sp³-hybridized carbons (Fsp3) is 0.846. The summed E-state index contributed by atoms with van der Waals surface area (Å²) in [5.74, 6) is 0.475. The molecule has 0 aliphatic carbocycles. The van der Waals surface area contributed by atoms with Crippen molar-refractivity contribution >= 4 is 23.6 Å². The summed E-state index contributed by atoms with van der Waals surface area (Å²) in [6, 6.07) is 0. The van der Waals surface area contributed by atoms with Crippen molar-refractivity contribution in [2.24, 2.45) is 5.41 Å². The van der Waals surface area contributed by atoms with Crippen molar-refractivity contribution in [3.8, 4) is 0 Å². The Morgan fingerprint density at radius 1 is 1.39 bits per heavy atom. The van der Waals surface area contributed by atoms with E-state index in [1.54, 1.807) is 11.8 Å². The van der Waals surface area contributed by atoms with Crippen molar-refractivity contribution in [3.05, 3.63) is 0 Å². The van der Waals surface area contributed by atoms with Gasteiger partial charge >= 0.3 is 5.97 Å². The Bertz CT molecular complexity index is 299. The lowest BCUT2D eigenvalue weighted by Gasteiger charge is -2.24. The topological polar surface area (TPSA) is 66.4 Å². The van der Waals surface area contributed by atoms with Crippen LogP contribution in [0.4, 0.5) is 0 Å². The monoisotopic (exact) mass is 273 g/mol. The highest BCUT2D eigenvalue weighted by atomic mass is 32.2. The maximum absolute atomic E-state index is 11.8. The summed E-state index contributed by atoms with van der Waals surface area (Å²) in [6.45, 7) is 4.74. The number of thioether (sulfide) groups is 1. The second-order valence-electron chi connectivity index (χ2n) is 5.60. The molecule has 1 atom stereocenters. The fourth-order valence-corrected chi connectivity index (χ4v) is 3.18. The minimum Gasteiger partial charge on any atom is -0.481 e. The van der Waals surface area contributed by atoms with Gasteiger partial charge in [-0.1, -0.05) is 13.8 Å². The average Bonchev–Trinajstić information content (AvgIpc) is 2.79. The molecule has 0 spiro atoms. The molecule has 1 heterocycles. The minimum absolute atomic E-state index is 0.0332. The van der Waals surface area contributed by atoms with Crippen LogP contribution in [0.2, 0.25) is 0 Å². The first-order valence-electron chi connectivity index (χ1n) is 6.52. The Kier molecular flexibility index (Phi) is 5.99. The molecule has 0 aromatic heterocycles. The number of amides is 1. The van der Waals surface area contributed by atoms with Gasteiger partial charge in [0.15, 0.2) is 0 Å². The van der Waals surface area contributed by atoms with Crippen LogP contribution in [0.25, 0.3) is 0 Å². The highest BCUT2D eigenvalue weighted by molar-refractivity contribution is 8.00. The largest absolute Gasteiger partial charge is 0.481 e. The third kappa shape index (κ3) is 5.76. The maximum Gasteiger partial charge on any atom is 0.303 e. The quantitative estimate of drug-likeness (QED) is 0.747. The fourth-order valence-electron chi connectivity index (χ4n) is 1.99. The summed E-state index contributed by atoms with van der Waals surface area (Å²) in [5, 5.41) is 11.8. The highest BCUT2D eigenvalue weighted by Crippen LogP contribution is 2.27. The molecule has 1 saturated heterocycles. The van der Waals surface area contributed by atoms with Gasteiger partial charge in [0.25, 0.3) is 0 Å². The van der Waals surface area contributed by atoms with E-state index in [4.69, 9.17) is 5.11 Å². The summed E-state index contributed by atoms with van der Waals surface area (Å²) in [6.07, 6.45) is 3.78. The van der Waals surface area contributed by atoms with E-state index < -0.39 is 5.97 Å². The molecule has 1 amide bonds. The van der Waals surface area contributed by atoms with Crippen LogP contribution in [0, 0.1) is 5.41 Å². The number of hydrogen-bond acceptors (Lipinski definition) is 3. The molecule has 0 aromatic rings.